The molecule has 2 rings (SSSR count). The lowest BCUT2D eigenvalue weighted by Gasteiger charge is -2.22. The monoisotopic (exact) mass is 297 g/mol. The van der Waals surface area contributed by atoms with E-state index in [-0.39, 0.29) is 17.5 Å². The zero-order valence-electron chi connectivity index (χ0n) is 11.6. The summed E-state index contributed by atoms with van der Waals surface area (Å²) in [6, 6.07) is 6.48. The van der Waals surface area contributed by atoms with Gasteiger partial charge >= 0.3 is 0 Å². The quantitative estimate of drug-likeness (QED) is 0.872. The van der Waals surface area contributed by atoms with E-state index in [2.05, 4.69) is 0 Å². The SMILES string of the molecule is CC1(O)CCCN(C(=O)CSc2ccccc2F)CC1. The lowest BCUT2D eigenvalue weighted by Crippen LogP contribution is -2.34. The minimum Gasteiger partial charge on any atom is -0.390 e. The van der Waals surface area contributed by atoms with Crippen LogP contribution >= 0.6 is 11.8 Å². The van der Waals surface area contributed by atoms with Crippen LogP contribution in [0.25, 0.3) is 0 Å². The largest absolute Gasteiger partial charge is 0.390 e. The highest BCUT2D eigenvalue weighted by molar-refractivity contribution is 8.00. The maximum atomic E-state index is 13.5. The Hall–Kier alpha value is -1.07. The van der Waals surface area contributed by atoms with Gasteiger partial charge in [-0.05, 0) is 38.3 Å². The number of likely N-dealkylation sites (tertiary alicyclic amines) is 1. The molecule has 0 aliphatic carbocycles. The third-order valence-corrected chi connectivity index (χ3v) is 4.64. The molecule has 1 aromatic carbocycles. The van der Waals surface area contributed by atoms with E-state index in [4.69, 9.17) is 0 Å². The topological polar surface area (TPSA) is 40.5 Å². The highest BCUT2D eigenvalue weighted by Gasteiger charge is 2.26. The maximum Gasteiger partial charge on any atom is 0.232 e. The number of nitrogens with zero attached hydrogens (tertiary/aromatic N) is 1. The lowest BCUT2D eigenvalue weighted by atomic mass is 9.98. The molecule has 1 amide bonds. The summed E-state index contributed by atoms with van der Waals surface area (Å²) in [5.74, 6) is -0.0386. The first-order valence-corrected chi connectivity index (χ1v) is 7.84. The van der Waals surface area contributed by atoms with Crippen LogP contribution in [-0.4, -0.2) is 40.4 Å². The number of carbonyl (C=O) groups excluding carboxylic acids is 1. The standard InChI is InChI=1S/C15H20FNO2S/c1-15(19)7-4-9-17(10-8-15)14(18)11-20-13-6-3-2-5-12(13)16/h2-3,5-6,19H,4,7-11H2,1H3. The fourth-order valence-electron chi connectivity index (χ4n) is 2.31. The van der Waals surface area contributed by atoms with E-state index in [1.807, 2.05) is 6.92 Å². The summed E-state index contributed by atoms with van der Waals surface area (Å²) in [4.78, 5) is 14.4. The highest BCUT2D eigenvalue weighted by atomic mass is 32.2. The predicted molar refractivity (Wildman–Crippen MR) is 78.2 cm³/mol. The van der Waals surface area contributed by atoms with E-state index in [1.54, 1.807) is 23.1 Å². The lowest BCUT2D eigenvalue weighted by molar-refractivity contribution is -0.128. The van der Waals surface area contributed by atoms with Crippen LogP contribution in [0.5, 0.6) is 0 Å². The molecule has 1 aliphatic rings. The van der Waals surface area contributed by atoms with Crippen molar-refractivity contribution in [2.24, 2.45) is 0 Å². The van der Waals surface area contributed by atoms with E-state index >= 15 is 0 Å². The van der Waals surface area contributed by atoms with Crippen LogP contribution in [0.2, 0.25) is 0 Å². The molecule has 1 heterocycles. The molecule has 0 spiro atoms. The van der Waals surface area contributed by atoms with Gasteiger partial charge in [0.05, 0.1) is 11.4 Å². The molecular formula is C15H20FNO2S. The van der Waals surface area contributed by atoms with Gasteiger partial charge in [-0.25, -0.2) is 4.39 Å². The Labute approximate surface area is 123 Å². The van der Waals surface area contributed by atoms with Gasteiger partial charge in [-0.1, -0.05) is 12.1 Å². The molecule has 0 aromatic heterocycles. The van der Waals surface area contributed by atoms with Crippen molar-refractivity contribution >= 4 is 17.7 Å². The molecule has 1 fully saturated rings. The zero-order chi connectivity index (χ0) is 14.6. The van der Waals surface area contributed by atoms with E-state index in [0.717, 1.165) is 12.8 Å². The maximum absolute atomic E-state index is 13.5. The van der Waals surface area contributed by atoms with Crippen LogP contribution in [0.1, 0.15) is 26.2 Å². The van der Waals surface area contributed by atoms with Gasteiger partial charge < -0.3 is 10.0 Å². The second-order valence-electron chi connectivity index (χ2n) is 5.45. The Morgan fingerprint density at radius 1 is 1.40 bits per heavy atom. The second-order valence-corrected chi connectivity index (χ2v) is 6.47. The summed E-state index contributed by atoms with van der Waals surface area (Å²) in [6.07, 6.45) is 2.13. The number of carbonyl (C=O) groups is 1. The van der Waals surface area contributed by atoms with E-state index < -0.39 is 5.60 Å². The van der Waals surface area contributed by atoms with Crippen molar-refractivity contribution in [2.45, 2.75) is 36.7 Å². The molecule has 3 nitrogen and oxygen atoms in total. The van der Waals surface area contributed by atoms with Gasteiger partial charge in [0.25, 0.3) is 0 Å². The molecular weight excluding hydrogens is 277 g/mol. The second kappa shape index (κ2) is 6.59. The summed E-state index contributed by atoms with van der Waals surface area (Å²) in [7, 11) is 0. The van der Waals surface area contributed by atoms with Gasteiger partial charge in [0.15, 0.2) is 0 Å². The van der Waals surface area contributed by atoms with Gasteiger partial charge in [0, 0.05) is 18.0 Å². The minimum atomic E-state index is -0.673. The summed E-state index contributed by atoms with van der Waals surface area (Å²) in [5.41, 5.74) is -0.673. The van der Waals surface area contributed by atoms with E-state index in [9.17, 15) is 14.3 Å². The summed E-state index contributed by atoms with van der Waals surface area (Å²) < 4.78 is 13.5. The molecule has 110 valence electrons. The van der Waals surface area contributed by atoms with Crippen LogP contribution < -0.4 is 0 Å². The number of rotatable bonds is 3. The molecule has 0 radical (unpaired) electrons. The number of benzene rings is 1. The molecule has 1 aliphatic heterocycles. The van der Waals surface area contributed by atoms with Crippen LogP contribution in [0.4, 0.5) is 4.39 Å². The van der Waals surface area contributed by atoms with Gasteiger partial charge in [0.2, 0.25) is 5.91 Å². The Kier molecular flexibility index (Phi) is 5.05. The van der Waals surface area contributed by atoms with E-state index in [1.165, 1.54) is 17.8 Å². The molecule has 0 saturated carbocycles. The van der Waals surface area contributed by atoms with Gasteiger partial charge in [-0.2, -0.15) is 0 Å². The van der Waals surface area contributed by atoms with Crippen molar-refractivity contribution in [1.82, 2.24) is 4.90 Å². The number of thioether (sulfide) groups is 1. The Morgan fingerprint density at radius 3 is 2.90 bits per heavy atom. The average molecular weight is 297 g/mol. The first kappa shape index (κ1) is 15.3. The van der Waals surface area contributed by atoms with Crippen LogP contribution in [-0.2, 0) is 4.79 Å². The number of amides is 1. The molecule has 1 aromatic rings. The highest BCUT2D eigenvalue weighted by Crippen LogP contribution is 2.24. The number of hydrogen-bond acceptors (Lipinski definition) is 3. The third-order valence-electron chi connectivity index (χ3n) is 3.60. The molecule has 1 atom stereocenters. The first-order valence-electron chi connectivity index (χ1n) is 6.85. The summed E-state index contributed by atoms with van der Waals surface area (Å²) in [5, 5.41) is 10.0. The molecule has 1 unspecified atom stereocenters. The van der Waals surface area contributed by atoms with Crippen molar-refractivity contribution in [3.63, 3.8) is 0 Å². The summed E-state index contributed by atoms with van der Waals surface area (Å²) >= 11 is 1.23. The normalized spacial score (nSPS) is 23.4. The smallest absolute Gasteiger partial charge is 0.232 e. The van der Waals surface area contributed by atoms with Crippen molar-refractivity contribution in [3.8, 4) is 0 Å². The first-order chi connectivity index (χ1) is 9.48. The Bertz CT molecular complexity index is 479. The fourth-order valence-corrected chi connectivity index (χ4v) is 3.15. The van der Waals surface area contributed by atoms with Crippen LogP contribution in [0.3, 0.4) is 0 Å². The summed E-state index contributed by atoms with van der Waals surface area (Å²) in [6.45, 7) is 3.06. The van der Waals surface area contributed by atoms with Crippen LogP contribution in [0.15, 0.2) is 29.2 Å². The van der Waals surface area contributed by atoms with Crippen molar-refractivity contribution < 1.29 is 14.3 Å². The average Bonchev–Trinajstić information content (AvgIpc) is 2.58. The number of halogens is 1. The number of hydrogen-bond donors (Lipinski definition) is 1. The van der Waals surface area contributed by atoms with E-state index in [0.29, 0.717) is 24.4 Å². The molecule has 20 heavy (non-hydrogen) atoms. The molecule has 0 bridgehead atoms. The van der Waals surface area contributed by atoms with Crippen molar-refractivity contribution in [2.75, 3.05) is 18.8 Å². The van der Waals surface area contributed by atoms with Gasteiger partial charge in [-0.15, -0.1) is 11.8 Å². The Balaban J connectivity index is 1.87. The van der Waals surface area contributed by atoms with Crippen molar-refractivity contribution in [1.29, 1.82) is 0 Å². The predicted octanol–water partition coefficient (Wildman–Crippen LogP) is 2.68. The third kappa shape index (κ3) is 4.21. The molecule has 1 saturated heterocycles. The van der Waals surface area contributed by atoms with Gasteiger partial charge in [-0.3, -0.25) is 4.79 Å². The zero-order valence-corrected chi connectivity index (χ0v) is 12.5. The van der Waals surface area contributed by atoms with Crippen LogP contribution in [0, 0.1) is 5.82 Å². The fraction of sp³-hybridized carbons (Fsp3) is 0.533. The number of aliphatic hydroxyl groups is 1. The van der Waals surface area contributed by atoms with Crippen molar-refractivity contribution in [3.05, 3.63) is 30.1 Å². The Morgan fingerprint density at radius 2 is 2.15 bits per heavy atom. The minimum absolute atomic E-state index is 0.0101. The molecule has 1 N–H and O–H groups in total. The van der Waals surface area contributed by atoms with Gasteiger partial charge in [0.1, 0.15) is 5.82 Å². The molecule has 5 heteroatoms.